The van der Waals surface area contributed by atoms with Crippen LogP contribution >= 0.6 is 0 Å². The summed E-state index contributed by atoms with van der Waals surface area (Å²) in [6, 6.07) is 0. The first-order valence-corrected chi connectivity index (χ1v) is 6.93. The molecule has 96 valence electrons. The van der Waals surface area contributed by atoms with Crippen molar-refractivity contribution in [1.29, 1.82) is 0 Å². The minimum atomic E-state index is -3.23. The van der Waals surface area contributed by atoms with Gasteiger partial charge in [0.25, 0.3) is 0 Å². The first kappa shape index (κ1) is 15.4. The highest BCUT2D eigenvalue weighted by molar-refractivity contribution is 7.89. The van der Waals surface area contributed by atoms with Crippen molar-refractivity contribution >= 4 is 16.0 Å². The molecule has 0 amide bonds. The third kappa shape index (κ3) is 9.92. The smallest absolute Gasteiger partial charge is 0.302 e. The molecule has 5 nitrogen and oxygen atoms in total. The standard InChI is InChI=1S/C10H21NO4S/c1-9(12)15-7-5-6-8-16(13,14)11-10(2,3)4/h11H,5-8H2,1-4H3. The lowest BCUT2D eigenvalue weighted by molar-refractivity contribution is -0.141. The fourth-order valence-corrected chi connectivity index (χ4v) is 2.75. The van der Waals surface area contributed by atoms with Gasteiger partial charge in [-0.1, -0.05) is 0 Å². The summed E-state index contributed by atoms with van der Waals surface area (Å²) in [5, 5.41) is 0. The molecule has 0 unspecified atom stereocenters. The molecular formula is C10H21NO4S. The molecule has 0 radical (unpaired) electrons. The number of hydrogen-bond donors (Lipinski definition) is 1. The van der Waals surface area contributed by atoms with Gasteiger partial charge in [0, 0.05) is 12.5 Å². The minimum Gasteiger partial charge on any atom is -0.466 e. The van der Waals surface area contributed by atoms with E-state index in [9.17, 15) is 13.2 Å². The fraction of sp³-hybridized carbons (Fsp3) is 0.900. The Hall–Kier alpha value is -0.620. The maximum atomic E-state index is 11.5. The van der Waals surface area contributed by atoms with Crippen LogP contribution in [-0.4, -0.2) is 32.3 Å². The van der Waals surface area contributed by atoms with Gasteiger partial charge in [-0.15, -0.1) is 0 Å². The van der Waals surface area contributed by atoms with E-state index >= 15 is 0 Å². The van der Waals surface area contributed by atoms with Gasteiger partial charge in [-0.05, 0) is 33.6 Å². The molecule has 0 saturated heterocycles. The molecule has 0 aromatic heterocycles. The summed E-state index contributed by atoms with van der Waals surface area (Å²) in [7, 11) is -3.23. The van der Waals surface area contributed by atoms with Gasteiger partial charge in [0.1, 0.15) is 0 Å². The molecule has 0 bridgehead atoms. The molecule has 16 heavy (non-hydrogen) atoms. The highest BCUT2D eigenvalue weighted by Crippen LogP contribution is 2.04. The SMILES string of the molecule is CC(=O)OCCCCS(=O)(=O)NC(C)(C)C. The Balaban J connectivity index is 3.80. The van der Waals surface area contributed by atoms with E-state index in [1.807, 2.05) is 0 Å². The van der Waals surface area contributed by atoms with Crippen LogP contribution in [0.3, 0.4) is 0 Å². The van der Waals surface area contributed by atoms with Gasteiger partial charge >= 0.3 is 5.97 Å². The van der Waals surface area contributed by atoms with E-state index < -0.39 is 15.6 Å². The second-order valence-electron chi connectivity index (χ2n) is 4.72. The van der Waals surface area contributed by atoms with E-state index in [0.717, 1.165) is 0 Å². The molecule has 0 aromatic rings. The predicted molar refractivity (Wildman–Crippen MR) is 62.5 cm³/mol. The number of nitrogens with one attached hydrogen (secondary N) is 1. The first-order valence-electron chi connectivity index (χ1n) is 5.27. The Kier molecular flexibility index (Phi) is 5.96. The fourth-order valence-electron chi connectivity index (χ4n) is 1.13. The first-order chi connectivity index (χ1) is 7.12. The molecule has 0 fully saturated rings. The number of esters is 1. The van der Waals surface area contributed by atoms with Crippen LogP contribution in [0.25, 0.3) is 0 Å². The number of carbonyl (C=O) groups excluding carboxylic acids is 1. The van der Waals surface area contributed by atoms with Crippen molar-refractivity contribution in [2.24, 2.45) is 0 Å². The van der Waals surface area contributed by atoms with Crippen LogP contribution < -0.4 is 4.72 Å². The van der Waals surface area contributed by atoms with E-state index in [-0.39, 0.29) is 18.3 Å². The zero-order valence-corrected chi connectivity index (χ0v) is 11.2. The van der Waals surface area contributed by atoms with Gasteiger partial charge in [0.05, 0.1) is 12.4 Å². The van der Waals surface area contributed by atoms with E-state index in [2.05, 4.69) is 4.72 Å². The van der Waals surface area contributed by atoms with Crippen molar-refractivity contribution < 1.29 is 17.9 Å². The number of carbonyl (C=O) groups is 1. The lowest BCUT2D eigenvalue weighted by atomic mass is 10.1. The largest absolute Gasteiger partial charge is 0.466 e. The monoisotopic (exact) mass is 251 g/mol. The number of ether oxygens (including phenoxy) is 1. The Labute approximate surface area is 97.6 Å². The molecular weight excluding hydrogens is 230 g/mol. The molecule has 0 heterocycles. The van der Waals surface area contributed by atoms with Crippen molar-refractivity contribution in [3.63, 3.8) is 0 Å². The highest BCUT2D eigenvalue weighted by Gasteiger charge is 2.19. The van der Waals surface area contributed by atoms with Gasteiger partial charge in [0.2, 0.25) is 10.0 Å². The van der Waals surface area contributed by atoms with E-state index in [1.54, 1.807) is 20.8 Å². The van der Waals surface area contributed by atoms with Crippen LogP contribution in [0.4, 0.5) is 0 Å². The van der Waals surface area contributed by atoms with Gasteiger partial charge in [-0.2, -0.15) is 0 Å². The summed E-state index contributed by atoms with van der Waals surface area (Å²) in [6.07, 6.45) is 1.04. The van der Waals surface area contributed by atoms with Gasteiger partial charge in [-0.25, -0.2) is 13.1 Å². The quantitative estimate of drug-likeness (QED) is 0.565. The van der Waals surface area contributed by atoms with Crippen molar-refractivity contribution in [3.05, 3.63) is 0 Å². The van der Waals surface area contributed by atoms with Gasteiger partial charge < -0.3 is 4.74 Å². The van der Waals surface area contributed by atoms with Crippen LogP contribution in [0, 0.1) is 0 Å². The summed E-state index contributed by atoms with van der Waals surface area (Å²) in [4.78, 5) is 10.4. The van der Waals surface area contributed by atoms with Crippen molar-refractivity contribution in [2.75, 3.05) is 12.4 Å². The summed E-state index contributed by atoms with van der Waals surface area (Å²) in [5.74, 6) is -0.276. The lowest BCUT2D eigenvalue weighted by Gasteiger charge is -2.20. The van der Waals surface area contributed by atoms with Crippen molar-refractivity contribution in [2.45, 2.75) is 46.1 Å². The van der Waals surface area contributed by atoms with Gasteiger partial charge in [0.15, 0.2) is 0 Å². The van der Waals surface area contributed by atoms with Crippen LogP contribution in [0.5, 0.6) is 0 Å². The number of unbranched alkanes of at least 4 members (excludes halogenated alkanes) is 1. The lowest BCUT2D eigenvalue weighted by Crippen LogP contribution is -2.41. The zero-order chi connectivity index (χ0) is 12.8. The Morgan fingerprint density at radius 1 is 1.25 bits per heavy atom. The third-order valence-electron chi connectivity index (χ3n) is 1.57. The Bertz CT molecular complexity index is 316. The van der Waals surface area contributed by atoms with Crippen LogP contribution in [-0.2, 0) is 19.6 Å². The summed E-state index contributed by atoms with van der Waals surface area (Å²) >= 11 is 0. The topological polar surface area (TPSA) is 72.5 Å². The predicted octanol–water partition coefficient (Wildman–Crippen LogP) is 1.05. The third-order valence-corrected chi connectivity index (χ3v) is 3.32. The number of rotatable bonds is 6. The average molecular weight is 251 g/mol. The van der Waals surface area contributed by atoms with E-state index in [4.69, 9.17) is 4.74 Å². The minimum absolute atomic E-state index is 0.0610. The Morgan fingerprint density at radius 2 is 1.81 bits per heavy atom. The molecule has 6 heteroatoms. The van der Waals surface area contributed by atoms with Crippen LogP contribution in [0.2, 0.25) is 0 Å². The molecule has 0 aliphatic rings. The van der Waals surface area contributed by atoms with Crippen LogP contribution in [0.1, 0.15) is 40.5 Å². The highest BCUT2D eigenvalue weighted by atomic mass is 32.2. The normalized spacial score (nSPS) is 12.5. The van der Waals surface area contributed by atoms with Crippen molar-refractivity contribution in [1.82, 2.24) is 4.72 Å². The molecule has 0 saturated carbocycles. The number of sulfonamides is 1. The van der Waals surface area contributed by atoms with Gasteiger partial charge in [-0.3, -0.25) is 4.79 Å². The van der Waals surface area contributed by atoms with E-state index in [1.165, 1.54) is 6.92 Å². The average Bonchev–Trinajstić information content (AvgIpc) is 1.97. The maximum Gasteiger partial charge on any atom is 0.302 e. The maximum absolute atomic E-state index is 11.5. The molecule has 1 N–H and O–H groups in total. The second kappa shape index (κ2) is 6.20. The summed E-state index contributed by atoms with van der Waals surface area (Å²) in [5.41, 5.74) is -0.450. The Morgan fingerprint density at radius 3 is 2.25 bits per heavy atom. The summed E-state index contributed by atoms with van der Waals surface area (Å²) < 4.78 is 30.3. The molecule has 0 spiro atoms. The van der Waals surface area contributed by atoms with Crippen LogP contribution in [0.15, 0.2) is 0 Å². The van der Waals surface area contributed by atoms with E-state index in [0.29, 0.717) is 12.8 Å². The molecule has 0 rings (SSSR count). The molecule has 0 aliphatic heterocycles. The molecule has 0 aliphatic carbocycles. The number of hydrogen-bond acceptors (Lipinski definition) is 4. The van der Waals surface area contributed by atoms with Crippen molar-refractivity contribution in [3.8, 4) is 0 Å². The summed E-state index contributed by atoms with van der Waals surface area (Å²) in [6.45, 7) is 6.99. The second-order valence-corrected chi connectivity index (χ2v) is 6.56. The molecule has 0 aromatic carbocycles. The molecule has 0 atom stereocenters. The zero-order valence-electron chi connectivity index (χ0n) is 10.4.